The highest BCUT2D eigenvalue weighted by atomic mass is 16.3. The number of benzene rings is 1. The van der Waals surface area contributed by atoms with Gasteiger partial charge in [0.15, 0.2) is 0 Å². The quantitative estimate of drug-likeness (QED) is 0.844. The summed E-state index contributed by atoms with van der Waals surface area (Å²) in [4.78, 5) is 16.7. The maximum atomic E-state index is 12.5. The van der Waals surface area contributed by atoms with Crippen molar-refractivity contribution in [2.24, 2.45) is 0 Å². The lowest BCUT2D eigenvalue weighted by molar-refractivity contribution is -0.131. The summed E-state index contributed by atoms with van der Waals surface area (Å²) in [6, 6.07) is 10.6. The van der Waals surface area contributed by atoms with Crippen LogP contribution in [0.3, 0.4) is 0 Å². The average molecular weight is 304 g/mol. The third-order valence-electron chi connectivity index (χ3n) is 5.01. The number of β-amino-alcohol motifs (C(OH)–C–C–N with tert-alkyl or cyclic N) is 1. The van der Waals surface area contributed by atoms with E-state index in [2.05, 4.69) is 24.0 Å². The lowest BCUT2D eigenvalue weighted by Crippen LogP contribution is -2.41. The SMILES string of the molecule is CC(c1ccccc1)N1C(=O)C[C@H]2[C@@H]1CCN2CC(O)CO. The molecular weight excluding hydrogens is 280 g/mol. The summed E-state index contributed by atoms with van der Waals surface area (Å²) in [7, 11) is 0. The second-order valence-electron chi connectivity index (χ2n) is 6.35. The number of nitrogens with zero attached hydrogens (tertiary/aromatic N) is 2. The third kappa shape index (κ3) is 2.76. The van der Waals surface area contributed by atoms with Gasteiger partial charge in [-0.1, -0.05) is 30.3 Å². The van der Waals surface area contributed by atoms with E-state index < -0.39 is 6.10 Å². The van der Waals surface area contributed by atoms with Crippen LogP contribution in [-0.4, -0.2) is 63.8 Å². The molecule has 0 aliphatic carbocycles. The highest BCUT2D eigenvalue weighted by molar-refractivity contribution is 5.80. The molecule has 2 heterocycles. The Bertz CT molecular complexity index is 522. The van der Waals surface area contributed by atoms with Gasteiger partial charge in [0.1, 0.15) is 0 Å². The zero-order valence-electron chi connectivity index (χ0n) is 12.9. The Hall–Kier alpha value is -1.43. The van der Waals surface area contributed by atoms with E-state index in [4.69, 9.17) is 5.11 Å². The standard InChI is InChI=1S/C17H24N2O3/c1-12(13-5-3-2-4-6-13)19-15-7-8-18(10-14(21)11-20)16(15)9-17(19)22/h2-6,12,14-16,20-21H,7-11H2,1H3/t12?,14?,15-,16-/m0/s1. The fraction of sp³-hybridized carbons (Fsp3) is 0.588. The molecule has 2 aliphatic heterocycles. The van der Waals surface area contributed by atoms with E-state index in [9.17, 15) is 9.90 Å². The fourth-order valence-corrected chi connectivity index (χ4v) is 3.91. The molecule has 5 heteroatoms. The van der Waals surface area contributed by atoms with Gasteiger partial charge in [0.25, 0.3) is 0 Å². The Kier molecular flexibility index (Phi) is 4.47. The molecule has 1 aromatic carbocycles. The summed E-state index contributed by atoms with van der Waals surface area (Å²) >= 11 is 0. The van der Waals surface area contributed by atoms with E-state index in [0.29, 0.717) is 13.0 Å². The topological polar surface area (TPSA) is 64.0 Å². The van der Waals surface area contributed by atoms with Crippen LogP contribution < -0.4 is 0 Å². The minimum atomic E-state index is -0.727. The van der Waals surface area contributed by atoms with Crippen LogP contribution in [0.15, 0.2) is 30.3 Å². The maximum Gasteiger partial charge on any atom is 0.225 e. The number of fused-ring (bicyclic) bond motifs is 1. The minimum Gasteiger partial charge on any atom is -0.394 e. The molecule has 0 bridgehead atoms. The lowest BCUT2D eigenvalue weighted by atomic mass is 10.0. The Balaban J connectivity index is 1.74. The average Bonchev–Trinajstić information content (AvgIpc) is 3.06. The molecule has 2 saturated heterocycles. The largest absolute Gasteiger partial charge is 0.394 e. The van der Waals surface area contributed by atoms with Gasteiger partial charge in [0, 0.05) is 31.6 Å². The van der Waals surface area contributed by atoms with E-state index in [1.54, 1.807) is 0 Å². The molecular formula is C17H24N2O3. The number of hydrogen-bond donors (Lipinski definition) is 2. The van der Waals surface area contributed by atoms with Gasteiger partial charge in [-0.2, -0.15) is 0 Å². The zero-order valence-corrected chi connectivity index (χ0v) is 12.9. The molecule has 1 aromatic rings. The van der Waals surface area contributed by atoms with Gasteiger partial charge in [-0.3, -0.25) is 9.69 Å². The second-order valence-corrected chi connectivity index (χ2v) is 6.35. The first-order valence-electron chi connectivity index (χ1n) is 8.01. The summed E-state index contributed by atoms with van der Waals surface area (Å²) < 4.78 is 0. The molecule has 5 nitrogen and oxygen atoms in total. The van der Waals surface area contributed by atoms with Gasteiger partial charge in [-0.25, -0.2) is 0 Å². The molecule has 2 fully saturated rings. The molecule has 4 atom stereocenters. The van der Waals surface area contributed by atoms with Crippen molar-refractivity contribution in [2.75, 3.05) is 19.7 Å². The van der Waals surface area contributed by atoms with Crippen molar-refractivity contribution < 1.29 is 15.0 Å². The van der Waals surface area contributed by atoms with Gasteiger partial charge in [0.05, 0.1) is 18.8 Å². The number of likely N-dealkylation sites (tertiary alicyclic amines) is 2. The van der Waals surface area contributed by atoms with Crippen molar-refractivity contribution in [3.05, 3.63) is 35.9 Å². The smallest absolute Gasteiger partial charge is 0.225 e. The summed E-state index contributed by atoms with van der Waals surface area (Å²) in [6.45, 7) is 3.17. The highest BCUT2D eigenvalue weighted by Crippen LogP contribution is 2.37. The van der Waals surface area contributed by atoms with Crippen LogP contribution in [0, 0.1) is 0 Å². The molecule has 0 aromatic heterocycles. The zero-order chi connectivity index (χ0) is 15.7. The maximum absolute atomic E-state index is 12.5. The number of carbonyl (C=O) groups excluding carboxylic acids is 1. The van der Waals surface area contributed by atoms with Crippen molar-refractivity contribution in [1.29, 1.82) is 0 Å². The number of rotatable bonds is 5. The minimum absolute atomic E-state index is 0.0754. The van der Waals surface area contributed by atoms with Crippen molar-refractivity contribution in [3.63, 3.8) is 0 Å². The van der Waals surface area contributed by atoms with Crippen LogP contribution >= 0.6 is 0 Å². The van der Waals surface area contributed by atoms with E-state index in [1.165, 1.54) is 0 Å². The molecule has 2 aliphatic rings. The molecule has 0 spiro atoms. The third-order valence-corrected chi connectivity index (χ3v) is 5.01. The summed E-state index contributed by atoms with van der Waals surface area (Å²) in [5.41, 5.74) is 1.16. The first-order chi connectivity index (χ1) is 10.6. The van der Waals surface area contributed by atoms with Crippen LogP contribution in [0.1, 0.15) is 31.4 Å². The first kappa shape index (κ1) is 15.5. The molecule has 2 N–H and O–H groups in total. The normalized spacial score (nSPS) is 28.0. The van der Waals surface area contributed by atoms with E-state index in [-0.39, 0.29) is 30.6 Å². The van der Waals surface area contributed by atoms with Gasteiger partial charge >= 0.3 is 0 Å². The number of aliphatic hydroxyl groups is 2. The van der Waals surface area contributed by atoms with Crippen molar-refractivity contribution >= 4 is 5.91 Å². The Morgan fingerprint density at radius 2 is 2.00 bits per heavy atom. The van der Waals surface area contributed by atoms with Crippen LogP contribution in [-0.2, 0) is 4.79 Å². The number of hydrogen-bond acceptors (Lipinski definition) is 4. The second kappa shape index (κ2) is 6.36. The molecule has 0 saturated carbocycles. The molecule has 22 heavy (non-hydrogen) atoms. The predicted octanol–water partition coefficient (Wildman–Crippen LogP) is 0.776. The Morgan fingerprint density at radius 3 is 2.68 bits per heavy atom. The molecule has 3 rings (SSSR count). The van der Waals surface area contributed by atoms with Gasteiger partial charge in [-0.15, -0.1) is 0 Å². The summed E-state index contributed by atoms with van der Waals surface area (Å²) in [5.74, 6) is 0.189. The predicted molar refractivity (Wildman–Crippen MR) is 83.2 cm³/mol. The van der Waals surface area contributed by atoms with E-state index in [0.717, 1.165) is 18.5 Å². The number of aliphatic hydroxyl groups excluding tert-OH is 2. The Morgan fingerprint density at radius 1 is 1.27 bits per heavy atom. The van der Waals surface area contributed by atoms with Gasteiger partial charge in [-0.05, 0) is 18.9 Å². The first-order valence-corrected chi connectivity index (χ1v) is 8.01. The van der Waals surface area contributed by atoms with Crippen LogP contribution in [0.5, 0.6) is 0 Å². The molecule has 1 amide bonds. The fourth-order valence-electron chi connectivity index (χ4n) is 3.91. The van der Waals surface area contributed by atoms with Gasteiger partial charge < -0.3 is 15.1 Å². The summed E-state index contributed by atoms with van der Waals surface area (Å²) in [6.07, 6.45) is 0.723. The van der Waals surface area contributed by atoms with Crippen molar-refractivity contribution in [1.82, 2.24) is 9.80 Å². The highest BCUT2D eigenvalue weighted by Gasteiger charge is 2.48. The lowest BCUT2D eigenvalue weighted by Gasteiger charge is -2.31. The van der Waals surface area contributed by atoms with E-state index >= 15 is 0 Å². The molecule has 0 radical (unpaired) electrons. The van der Waals surface area contributed by atoms with Crippen LogP contribution in [0.2, 0.25) is 0 Å². The van der Waals surface area contributed by atoms with Gasteiger partial charge in [0.2, 0.25) is 5.91 Å². The Labute approximate surface area is 131 Å². The van der Waals surface area contributed by atoms with Crippen LogP contribution in [0.4, 0.5) is 0 Å². The van der Waals surface area contributed by atoms with Crippen molar-refractivity contribution in [3.8, 4) is 0 Å². The number of amides is 1. The van der Waals surface area contributed by atoms with Crippen molar-refractivity contribution in [2.45, 2.75) is 44.0 Å². The number of carbonyl (C=O) groups is 1. The molecule has 2 unspecified atom stereocenters. The monoisotopic (exact) mass is 304 g/mol. The van der Waals surface area contributed by atoms with Crippen LogP contribution in [0.25, 0.3) is 0 Å². The summed E-state index contributed by atoms with van der Waals surface area (Å²) in [5, 5.41) is 18.7. The van der Waals surface area contributed by atoms with E-state index in [1.807, 2.05) is 23.1 Å². The molecule has 120 valence electrons.